The molecule has 0 unspecified atom stereocenters. The van der Waals surface area contributed by atoms with Crippen molar-refractivity contribution in [1.29, 1.82) is 0 Å². The van der Waals surface area contributed by atoms with Crippen LogP contribution < -0.4 is 0 Å². The summed E-state index contributed by atoms with van der Waals surface area (Å²) in [7, 11) is 1.34. The second-order valence-corrected chi connectivity index (χ2v) is 9.01. The Morgan fingerprint density at radius 1 is 1.04 bits per heavy atom. The fraction of sp³-hybridized carbons (Fsp3) is 0.409. The topological polar surface area (TPSA) is 77.2 Å². The van der Waals surface area contributed by atoms with Crippen molar-refractivity contribution in [3.8, 4) is 11.4 Å². The molecule has 1 N–H and O–H groups in total. The van der Waals surface area contributed by atoms with Crippen LogP contribution in [0.3, 0.4) is 0 Å². The van der Waals surface area contributed by atoms with Crippen molar-refractivity contribution in [3.05, 3.63) is 47.5 Å². The summed E-state index contributed by atoms with van der Waals surface area (Å²) in [5.74, 6) is -0.325. The Balaban J connectivity index is 2.05. The molecule has 0 saturated heterocycles. The maximum atomic E-state index is 11.7. The summed E-state index contributed by atoms with van der Waals surface area (Å²) in [6.07, 6.45) is 0.987. The SMILES string of the molecule is COC(=O)c1ccc2nn(-c3cc(C(C)(C)CC(C)(C)C)ccc3O)nc2c1. The van der Waals surface area contributed by atoms with Gasteiger partial charge in [-0.05, 0) is 53.1 Å². The minimum absolute atomic E-state index is 0.0780. The molecule has 0 saturated carbocycles. The molecule has 3 aromatic rings. The highest BCUT2D eigenvalue weighted by Crippen LogP contribution is 2.38. The highest BCUT2D eigenvalue weighted by atomic mass is 16.5. The number of ether oxygens (including phenoxy) is 1. The van der Waals surface area contributed by atoms with Gasteiger partial charge < -0.3 is 9.84 Å². The van der Waals surface area contributed by atoms with Gasteiger partial charge in [0.15, 0.2) is 0 Å². The molecule has 148 valence electrons. The lowest BCUT2D eigenvalue weighted by Crippen LogP contribution is -2.25. The maximum absolute atomic E-state index is 11.7. The third kappa shape index (κ3) is 4.01. The molecule has 0 bridgehead atoms. The van der Waals surface area contributed by atoms with E-state index in [-0.39, 0.29) is 16.6 Å². The van der Waals surface area contributed by atoms with Crippen molar-refractivity contribution < 1.29 is 14.6 Å². The van der Waals surface area contributed by atoms with Gasteiger partial charge in [-0.3, -0.25) is 0 Å². The molecule has 0 fully saturated rings. The number of nitrogens with zero attached hydrogens (tertiary/aromatic N) is 3. The van der Waals surface area contributed by atoms with E-state index in [0.29, 0.717) is 22.3 Å². The Hall–Kier alpha value is -2.89. The second-order valence-electron chi connectivity index (χ2n) is 9.01. The molecule has 6 nitrogen and oxygen atoms in total. The van der Waals surface area contributed by atoms with Crippen molar-refractivity contribution in [2.45, 2.75) is 46.5 Å². The molecular weight excluding hydrogens is 354 g/mol. The van der Waals surface area contributed by atoms with E-state index >= 15 is 0 Å². The number of aromatic nitrogens is 3. The van der Waals surface area contributed by atoms with Crippen molar-refractivity contribution in [2.75, 3.05) is 7.11 Å². The number of esters is 1. The zero-order chi connectivity index (χ0) is 20.7. The number of aromatic hydroxyl groups is 1. The van der Waals surface area contributed by atoms with Crippen molar-refractivity contribution in [2.24, 2.45) is 5.41 Å². The lowest BCUT2D eigenvalue weighted by atomic mass is 9.72. The fourth-order valence-electron chi connectivity index (χ4n) is 3.80. The first-order valence-electron chi connectivity index (χ1n) is 9.29. The van der Waals surface area contributed by atoms with Crippen LogP contribution in [-0.4, -0.2) is 33.2 Å². The van der Waals surface area contributed by atoms with Crippen LogP contribution in [0.4, 0.5) is 0 Å². The van der Waals surface area contributed by atoms with Crippen LogP contribution in [0.15, 0.2) is 36.4 Å². The molecule has 0 radical (unpaired) electrons. The molecule has 0 spiro atoms. The van der Waals surface area contributed by atoms with Crippen LogP contribution in [-0.2, 0) is 10.2 Å². The lowest BCUT2D eigenvalue weighted by Gasteiger charge is -2.33. The second kappa shape index (κ2) is 6.93. The van der Waals surface area contributed by atoms with Crippen LogP contribution in [0.1, 0.15) is 57.0 Å². The van der Waals surface area contributed by atoms with Gasteiger partial charge in [-0.2, -0.15) is 0 Å². The molecule has 0 aliphatic carbocycles. The summed E-state index contributed by atoms with van der Waals surface area (Å²) in [6, 6.07) is 10.6. The molecule has 3 rings (SSSR count). The number of carbonyl (C=O) groups is 1. The van der Waals surface area contributed by atoms with Gasteiger partial charge in [0, 0.05) is 0 Å². The molecule has 28 heavy (non-hydrogen) atoms. The van der Waals surface area contributed by atoms with Crippen LogP contribution in [0.5, 0.6) is 5.75 Å². The highest BCUT2D eigenvalue weighted by Gasteiger charge is 2.28. The molecular formula is C22H27N3O3. The highest BCUT2D eigenvalue weighted by molar-refractivity contribution is 5.93. The van der Waals surface area contributed by atoms with Crippen molar-refractivity contribution >= 4 is 17.0 Å². The Bertz CT molecular complexity index is 1030. The summed E-state index contributed by atoms with van der Waals surface area (Å²) in [4.78, 5) is 13.2. The zero-order valence-corrected chi connectivity index (χ0v) is 17.3. The van der Waals surface area contributed by atoms with Gasteiger partial charge >= 0.3 is 5.97 Å². The minimum Gasteiger partial charge on any atom is -0.506 e. The Labute approximate surface area is 165 Å². The number of phenols is 1. The average molecular weight is 381 g/mol. The number of rotatable bonds is 4. The third-order valence-electron chi connectivity index (χ3n) is 4.75. The molecule has 2 aromatic carbocycles. The van der Waals surface area contributed by atoms with Crippen LogP contribution in [0, 0.1) is 5.41 Å². The first-order valence-corrected chi connectivity index (χ1v) is 9.29. The number of methoxy groups -OCH3 is 1. The number of fused-ring (bicyclic) bond motifs is 1. The number of phenolic OH excluding ortho intramolecular Hbond substituents is 1. The van der Waals surface area contributed by atoms with E-state index in [1.807, 2.05) is 12.1 Å². The molecule has 1 aromatic heterocycles. The fourth-order valence-corrected chi connectivity index (χ4v) is 3.80. The van der Waals surface area contributed by atoms with Gasteiger partial charge in [0.2, 0.25) is 0 Å². The van der Waals surface area contributed by atoms with Gasteiger partial charge in [-0.25, -0.2) is 4.79 Å². The molecule has 0 atom stereocenters. The van der Waals surface area contributed by atoms with E-state index in [1.165, 1.54) is 11.9 Å². The van der Waals surface area contributed by atoms with Crippen molar-refractivity contribution in [3.63, 3.8) is 0 Å². The van der Waals surface area contributed by atoms with Gasteiger partial charge in [-0.1, -0.05) is 40.7 Å². The van der Waals surface area contributed by atoms with Gasteiger partial charge in [0.25, 0.3) is 0 Å². The van der Waals surface area contributed by atoms with Gasteiger partial charge in [-0.15, -0.1) is 15.0 Å². The third-order valence-corrected chi connectivity index (χ3v) is 4.75. The summed E-state index contributed by atoms with van der Waals surface area (Å²) in [6.45, 7) is 11.1. The Kier molecular flexibility index (Phi) is 4.91. The van der Waals surface area contributed by atoms with Crippen LogP contribution in [0.2, 0.25) is 0 Å². The smallest absolute Gasteiger partial charge is 0.337 e. The number of benzene rings is 2. The monoisotopic (exact) mass is 381 g/mol. The molecule has 0 aliphatic heterocycles. The predicted molar refractivity (Wildman–Crippen MR) is 109 cm³/mol. The molecule has 6 heteroatoms. The maximum Gasteiger partial charge on any atom is 0.337 e. The normalized spacial score (nSPS) is 12.4. The van der Waals surface area contributed by atoms with E-state index in [4.69, 9.17) is 4.74 Å². The van der Waals surface area contributed by atoms with E-state index in [9.17, 15) is 9.90 Å². The van der Waals surface area contributed by atoms with Crippen LogP contribution in [0.25, 0.3) is 16.7 Å². The Morgan fingerprint density at radius 2 is 1.71 bits per heavy atom. The molecule has 0 aliphatic rings. The van der Waals surface area contributed by atoms with Gasteiger partial charge in [0.05, 0.1) is 12.7 Å². The Morgan fingerprint density at radius 3 is 2.36 bits per heavy atom. The molecule has 1 heterocycles. The standard InChI is InChI=1S/C22H27N3O3/c1-21(2,3)13-22(4,5)15-8-10-19(26)18(12-15)25-23-16-9-7-14(20(27)28-6)11-17(16)24-25/h7-12,26H,13H2,1-6H3. The zero-order valence-electron chi connectivity index (χ0n) is 17.3. The van der Waals surface area contributed by atoms with E-state index < -0.39 is 5.97 Å². The summed E-state index contributed by atoms with van der Waals surface area (Å²) in [5, 5.41) is 19.3. The summed E-state index contributed by atoms with van der Waals surface area (Å²) in [5.41, 5.74) is 3.30. The first-order chi connectivity index (χ1) is 13.0. The average Bonchev–Trinajstić information content (AvgIpc) is 3.02. The first kappa shape index (κ1) is 19.9. The largest absolute Gasteiger partial charge is 0.506 e. The quantitative estimate of drug-likeness (QED) is 0.667. The summed E-state index contributed by atoms with van der Waals surface area (Å²) < 4.78 is 4.75. The van der Waals surface area contributed by atoms with Gasteiger partial charge in [0.1, 0.15) is 22.5 Å². The van der Waals surface area contributed by atoms with E-state index in [1.54, 1.807) is 24.3 Å². The van der Waals surface area contributed by atoms with E-state index in [2.05, 4.69) is 44.8 Å². The minimum atomic E-state index is -0.426. The summed E-state index contributed by atoms with van der Waals surface area (Å²) >= 11 is 0. The van der Waals surface area contributed by atoms with E-state index in [0.717, 1.165) is 12.0 Å². The number of hydrogen-bond acceptors (Lipinski definition) is 5. The molecule has 0 amide bonds. The number of hydrogen-bond donors (Lipinski definition) is 1. The van der Waals surface area contributed by atoms with Crippen LogP contribution >= 0.6 is 0 Å². The number of carbonyl (C=O) groups excluding carboxylic acids is 1. The predicted octanol–water partition coefficient (Wildman–Crippen LogP) is 4.63. The lowest BCUT2D eigenvalue weighted by molar-refractivity contribution is 0.0601. The van der Waals surface area contributed by atoms with Crippen molar-refractivity contribution in [1.82, 2.24) is 15.0 Å².